The summed E-state index contributed by atoms with van der Waals surface area (Å²) in [5.41, 5.74) is 2.36. The van der Waals surface area contributed by atoms with Crippen LogP contribution in [0.1, 0.15) is 31.9 Å². The Balaban J connectivity index is 3.07. The van der Waals surface area contributed by atoms with E-state index in [1.54, 1.807) is 0 Å². The molecule has 0 amide bonds. The fourth-order valence-corrected chi connectivity index (χ4v) is 1.20. The summed E-state index contributed by atoms with van der Waals surface area (Å²) in [6.07, 6.45) is -4.25. The van der Waals surface area contributed by atoms with Crippen molar-refractivity contribution in [3.8, 4) is 0 Å². The Morgan fingerprint density at radius 1 is 0.933 bits per heavy atom. The zero-order chi connectivity index (χ0) is 11.6. The average molecular weight is 214 g/mol. The van der Waals surface area contributed by atoms with E-state index in [9.17, 15) is 13.2 Å². The van der Waals surface area contributed by atoms with Crippen molar-refractivity contribution in [2.24, 2.45) is 0 Å². The van der Waals surface area contributed by atoms with Gasteiger partial charge in [0.05, 0.1) is 5.56 Å². The lowest BCUT2D eigenvalue weighted by Gasteiger charge is -2.08. The van der Waals surface area contributed by atoms with Crippen LogP contribution in [0.4, 0.5) is 13.2 Å². The fraction of sp³-hybridized carbons (Fsp3) is 0.333. The summed E-state index contributed by atoms with van der Waals surface area (Å²) in [4.78, 5) is 0. The van der Waals surface area contributed by atoms with Gasteiger partial charge in [-0.2, -0.15) is 13.2 Å². The van der Waals surface area contributed by atoms with Gasteiger partial charge in [-0.3, -0.25) is 0 Å². The number of benzene rings is 1. The molecule has 82 valence electrons. The monoisotopic (exact) mass is 214 g/mol. The SMILES string of the molecule is CC(C)=C(C)c1ccc(C(F)(F)F)cc1. The number of allylic oxidation sites excluding steroid dienone is 2. The molecule has 0 aliphatic carbocycles. The minimum absolute atomic E-state index is 0.604. The topological polar surface area (TPSA) is 0 Å². The summed E-state index contributed by atoms with van der Waals surface area (Å²) in [6, 6.07) is 5.24. The Labute approximate surface area is 87.4 Å². The van der Waals surface area contributed by atoms with Crippen LogP contribution < -0.4 is 0 Å². The molecule has 0 atom stereocenters. The molecule has 15 heavy (non-hydrogen) atoms. The van der Waals surface area contributed by atoms with Crippen LogP contribution in [-0.2, 0) is 6.18 Å². The van der Waals surface area contributed by atoms with E-state index < -0.39 is 11.7 Å². The molecule has 0 saturated heterocycles. The molecule has 1 aromatic carbocycles. The number of alkyl halides is 3. The minimum Gasteiger partial charge on any atom is -0.166 e. The maximum Gasteiger partial charge on any atom is 0.416 e. The number of halogens is 3. The molecule has 0 N–H and O–H groups in total. The lowest BCUT2D eigenvalue weighted by atomic mass is 10.0. The largest absolute Gasteiger partial charge is 0.416 e. The lowest BCUT2D eigenvalue weighted by Crippen LogP contribution is -2.04. The molecular weight excluding hydrogens is 201 g/mol. The molecular formula is C12H13F3. The van der Waals surface area contributed by atoms with E-state index in [2.05, 4.69) is 0 Å². The van der Waals surface area contributed by atoms with Gasteiger partial charge in [-0.25, -0.2) is 0 Å². The molecule has 0 aliphatic rings. The molecule has 3 heteroatoms. The first-order valence-corrected chi connectivity index (χ1v) is 4.64. The van der Waals surface area contributed by atoms with Crippen molar-refractivity contribution in [1.82, 2.24) is 0 Å². The molecule has 0 aliphatic heterocycles. The molecule has 0 radical (unpaired) electrons. The van der Waals surface area contributed by atoms with Crippen molar-refractivity contribution < 1.29 is 13.2 Å². The van der Waals surface area contributed by atoms with Gasteiger partial charge in [0.15, 0.2) is 0 Å². The molecule has 0 spiro atoms. The third kappa shape index (κ3) is 2.85. The maximum atomic E-state index is 12.3. The second-order valence-electron chi connectivity index (χ2n) is 3.70. The highest BCUT2D eigenvalue weighted by molar-refractivity contribution is 5.66. The molecule has 1 rings (SSSR count). The molecule has 0 unspecified atom stereocenters. The summed E-state index contributed by atoms with van der Waals surface area (Å²) in [5.74, 6) is 0. The second kappa shape index (κ2) is 4.09. The zero-order valence-electron chi connectivity index (χ0n) is 8.94. The van der Waals surface area contributed by atoms with Crippen LogP contribution >= 0.6 is 0 Å². The fourth-order valence-electron chi connectivity index (χ4n) is 1.20. The third-order valence-electron chi connectivity index (χ3n) is 2.40. The first kappa shape index (κ1) is 11.8. The van der Waals surface area contributed by atoms with Gasteiger partial charge < -0.3 is 0 Å². The van der Waals surface area contributed by atoms with Gasteiger partial charge in [-0.05, 0) is 44.0 Å². The van der Waals surface area contributed by atoms with E-state index in [0.29, 0.717) is 0 Å². The van der Waals surface area contributed by atoms with Gasteiger partial charge in [0.2, 0.25) is 0 Å². The Hall–Kier alpha value is -1.25. The smallest absolute Gasteiger partial charge is 0.166 e. The van der Waals surface area contributed by atoms with Gasteiger partial charge in [0, 0.05) is 0 Å². The Morgan fingerprint density at radius 2 is 1.40 bits per heavy atom. The van der Waals surface area contributed by atoms with Crippen LogP contribution in [0, 0.1) is 0 Å². The van der Waals surface area contributed by atoms with Gasteiger partial charge in [0.1, 0.15) is 0 Å². The number of rotatable bonds is 1. The van der Waals surface area contributed by atoms with Gasteiger partial charge in [-0.1, -0.05) is 17.7 Å². The van der Waals surface area contributed by atoms with Crippen LogP contribution in [0.15, 0.2) is 29.8 Å². The van der Waals surface area contributed by atoms with Gasteiger partial charge in [0.25, 0.3) is 0 Å². The zero-order valence-corrected chi connectivity index (χ0v) is 8.94. The minimum atomic E-state index is -4.25. The highest BCUT2D eigenvalue weighted by Crippen LogP contribution is 2.30. The van der Waals surface area contributed by atoms with Crippen LogP contribution in [-0.4, -0.2) is 0 Å². The van der Waals surface area contributed by atoms with Crippen LogP contribution in [0.2, 0.25) is 0 Å². The molecule has 0 bridgehead atoms. The van der Waals surface area contributed by atoms with Gasteiger partial charge >= 0.3 is 6.18 Å². The van der Waals surface area contributed by atoms with E-state index >= 15 is 0 Å². The summed E-state index contributed by atoms with van der Waals surface area (Å²) < 4.78 is 36.8. The predicted octanol–water partition coefficient (Wildman–Crippen LogP) is 4.52. The molecule has 0 fully saturated rings. The van der Waals surface area contributed by atoms with Crippen molar-refractivity contribution >= 4 is 5.57 Å². The normalized spacial score (nSPS) is 11.3. The van der Waals surface area contributed by atoms with E-state index in [1.807, 2.05) is 20.8 Å². The summed E-state index contributed by atoms with van der Waals surface area (Å²) >= 11 is 0. The van der Waals surface area contributed by atoms with E-state index in [-0.39, 0.29) is 0 Å². The summed E-state index contributed by atoms with van der Waals surface area (Å²) in [5, 5.41) is 0. The molecule has 1 aromatic rings. The molecule has 0 nitrogen and oxygen atoms in total. The predicted molar refractivity (Wildman–Crippen MR) is 55.4 cm³/mol. The summed E-state index contributed by atoms with van der Waals surface area (Å²) in [7, 11) is 0. The van der Waals surface area contributed by atoms with Crippen molar-refractivity contribution in [2.45, 2.75) is 26.9 Å². The van der Waals surface area contributed by atoms with E-state index in [0.717, 1.165) is 28.8 Å². The maximum absolute atomic E-state index is 12.3. The van der Waals surface area contributed by atoms with E-state index in [1.165, 1.54) is 12.1 Å². The average Bonchev–Trinajstić information content (AvgIpc) is 2.15. The lowest BCUT2D eigenvalue weighted by molar-refractivity contribution is -0.137. The quantitative estimate of drug-likeness (QED) is 0.644. The Morgan fingerprint density at radius 3 is 1.73 bits per heavy atom. The van der Waals surface area contributed by atoms with Crippen molar-refractivity contribution in [1.29, 1.82) is 0 Å². The molecule has 0 aromatic heterocycles. The van der Waals surface area contributed by atoms with E-state index in [4.69, 9.17) is 0 Å². The Kier molecular flexibility index (Phi) is 3.22. The number of hydrogen-bond acceptors (Lipinski definition) is 0. The highest BCUT2D eigenvalue weighted by atomic mass is 19.4. The van der Waals surface area contributed by atoms with Crippen LogP contribution in [0.5, 0.6) is 0 Å². The number of hydrogen-bond donors (Lipinski definition) is 0. The van der Waals surface area contributed by atoms with Gasteiger partial charge in [-0.15, -0.1) is 0 Å². The van der Waals surface area contributed by atoms with Crippen molar-refractivity contribution in [2.75, 3.05) is 0 Å². The molecule has 0 heterocycles. The summed E-state index contributed by atoms with van der Waals surface area (Å²) in [6.45, 7) is 5.78. The molecule has 0 saturated carbocycles. The highest BCUT2D eigenvalue weighted by Gasteiger charge is 2.29. The van der Waals surface area contributed by atoms with Crippen LogP contribution in [0.3, 0.4) is 0 Å². The van der Waals surface area contributed by atoms with Crippen LogP contribution in [0.25, 0.3) is 5.57 Å². The van der Waals surface area contributed by atoms with Crippen molar-refractivity contribution in [3.05, 3.63) is 41.0 Å². The Bertz CT molecular complexity index is 365. The second-order valence-corrected chi connectivity index (χ2v) is 3.70. The van der Waals surface area contributed by atoms with Crippen molar-refractivity contribution in [3.63, 3.8) is 0 Å². The first-order valence-electron chi connectivity index (χ1n) is 4.64. The standard InChI is InChI=1S/C12H13F3/c1-8(2)9(3)10-4-6-11(7-5-10)12(13,14)15/h4-7H,1-3H3. The first-order chi connectivity index (χ1) is 6.82. The third-order valence-corrected chi connectivity index (χ3v) is 2.40.